The second-order valence-corrected chi connectivity index (χ2v) is 5.47. The number of benzene rings is 1. The molecule has 0 spiro atoms. The van der Waals surface area contributed by atoms with Crippen LogP contribution in [0.3, 0.4) is 0 Å². The van der Waals surface area contributed by atoms with Gasteiger partial charge in [0.15, 0.2) is 0 Å². The van der Waals surface area contributed by atoms with Gasteiger partial charge in [0.05, 0.1) is 25.0 Å². The van der Waals surface area contributed by atoms with Crippen molar-refractivity contribution in [1.29, 1.82) is 0 Å². The molecule has 2 aromatic rings. The van der Waals surface area contributed by atoms with Crippen LogP contribution in [0.5, 0.6) is 11.5 Å². The smallest absolute Gasteiger partial charge is 0.223 e. The molecule has 1 aromatic carbocycles. The summed E-state index contributed by atoms with van der Waals surface area (Å²) in [5.41, 5.74) is 1.89. The summed E-state index contributed by atoms with van der Waals surface area (Å²) in [6.45, 7) is 0.910. The van der Waals surface area contributed by atoms with Crippen LogP contribution in [0, 0.1) is 5.92 Å². The maximum absolute atomic E-state index is 12.2. The van der Waals surface area contributed by atoms with Gasteiger partial charge in [-0.1, -0.05) is 0 Å². The molecule has 7 heteroatoms. The fourth-order valence-corrected chi connectivity index (χ4v) is 2.67. The summed E-state index contributed by atoms with van der Waals surface area (Å²) >= 11 is 0. The molecule has 0 bridgehead atoms. The summed E-state index contributed by atoms with van der Waals surface area (Å²) < 4.78 is 10.7. The molecular weight excluding hydrogens is 296 g/mol. The Labute approximate surface area is 134 Å². The van der Waals surface area contributed by atoms with Crippen molar-refractivity contribution in [3.63, 3.8) is 0 Å². The Balaban J connectivity index is 1.39. The molecule has 1 unspecified atom stereocenters. The van der Waals surface area contributed by atoms with Crippen molar-refractivity contribution in [3.8, 4) is 11.5 Å². The van der Waals surface area contributed by atoms with Crippen LogP contribution in [-0.4, -0.2) is 41.6 Å². The second-order valence-electron chi connectivity index (χ2n) is 5.47. The number of nitrogens with zero attached hydrogens (tertiary/aromatic N) is 2. The number of methoxy groups -OCH3 is 1. The Morgan fingerprint density at radius 3 is 2.78 bits per heavy atom. The molecule has 7 nitrogen and oxygen atoms in total. The summed E-state index contributed by atoms with van der Waals surface area (Å²) in [5, 5.41) is 13.7. The topological polar surface area (TPSA) is 89.1 Å². The van der Waals surface area contributed by atoms with E-state index in [1.165, 1.54) is 0 Å². The van der Waals surface area contributed by atoms with Gasteiger partial charge in [0.2, 0.25) is 5.91 Å². The summed E-state index contributed by atoms with van der Waals surface area (Å²) in [7, 11) is 1.62. The standard InChI is InChI=1S/C16H20N4O3/c1-22-12-3-5-13(6-4-12)23-9-8-17-16(21)11-2-7-14-15(10-11)19-20-18-14/h3-6,11H,2,7-10H2,1H3,(H,17,21)(H,18,19,20). The SMILES string of the molecule is COc1ccc(OCCNC(=O)C2CCc3n[nH]nc3C2)cc1. The quantitative estimate of drug-likeness (QED) is 0.779. The van der Waals surface area contributed by atoms with Crippen LogP contribution in [0.1, 0.15) is 17.8 Å². The number of nitrogens with one attached hydrogen (secondary N) is 2. The molecule has 3 rings (SSSR count). The number of aromatic amines is 1. The lowest BCUT2D eigenvalue weighted by molar-refractivity contribution is -0.125. The average molecular weight is 316 g/mol. The van der Waals surface area contributed by atoms with E-state index in [1.807, 2.05) is 24.3 Å². The number of ether oxygens (including phenoxy) is 2. The highest BCUT2D eigenvalue weighted by molar-refractivity contribution is 5.79. The van der Waals surface area contributed by atoms with Crippen molar-refractivity contribution in [2.45, 2.75) is 19.3 Å². The number of aryl methyl sites for hydroxylation is 1. The maximum atomic E-state index is 12.2. The zero-order chi connectivity index (χ0) is 16.1. The molecule has 1 aliphatic carbocycles. The lowest BCUT2D eigenvalue weighted by Crippen LogP contribution is -2.36. The predicted molar refractivity (Wildman–Crippen MR) is 83.4 cm³/mol. The summed E-state index contributed by atoms with van der Waals surface area (Å²) in [5.74, 6) is 1.56. The number of H-pyrrole nitrogens is 1. The third kappa shape index (κ3) is 3.80. The maximum Gasteiger partial charge on any atom is 0.223 e. The largest absolute Gasteiger partial charge is 0.497 e. The Bertz CT molecular complexity index is 654. The average Bonchev–Trinajstić information content (AvgIpc) is 3.06. The molecule has 1 heterocycles. The summed E-state index contributed by atoms with van der Waals surface area (Å²) in [6.07, 6.45) is 2.26. The van der Waals surface area contributed by atoms with Gasteiger partial charge in [0.1, 0.15) is 18.1 Å². The van der Waals surface area contributed by atoms with Gasteiger partial charge in [-0.15, -0.1) is 0 Å². The second kappa shape index (κ2) is 7.13. The summed E-state index contributed by atoms with van der Waals surface area (Å²) in [4.78, 5) is 12.2. The molecular formula is C16H20N4O3. The molecule has 1 amide bonds. The van der Waals surface area contributed by atoms with Crippen molar-refractivity contribution in [2.75, 3.05) is 20.3 Å². The Hall–Kier alpha value is -2.57. The molecule has 0 fully saturated rings. The van der Waals surface area contributed by atoms with Crippen LogP contribution in [0.25, 0.3) is 0 Å². The minimum Gasteiger partial charge on any atom is -0.497 e. The number of hydrogen-bond acceptors (Lipinski definition) is 5. The number of carbonyl (C=O) groups excluding carboxylic acids is 1. The zero-order valence-electron chi connectivity index (χ0n) is 13.0. The lowest BCUT2D eigenvalue weighted by atomic mass is 9.89. The monoisotopic (exact) mass is 316 g/mol. The van der Waals surface area contributed by atoms with Crippen molar-refractivity contribution >= 4 is 5.91 Å². The fourth-order valence-electron chi connectivity index (χ4n) is 2.67. The molecule has 23 heavy (non-hydrogen) atoms. The normalized spacial score (nSPS) is 16.5. The van der Waals surface area contributed by atoms with Gasteiger partial charge in [0.25, 0.3) is 0 Å². The van der Waals surface area contributed by atoms with E-state index < -0.39 is 0 Å². The Morgan fingerprint density at radius 1 is 1.26 bits per heavy atom. The van der Waals surface area contributed by atoms with Crippen LogP contribution in [0.2, 0.25) is 0 Å². The first-order valence-electron chi connectivity index (χ1n) is 7.69. The Kier molecular flexibility index (Phi) is 4.75. The van der Waals surface area contributed by atoms with Crippen LogP contribution >= 0.6 is 0 Å². The highest BCUT2D eigenvalue weighted by atomic mass is 16.5. The Morgan fingerprint density at radius 2 is 2.00 bits per heavy atom. The predicted octanol–water partition coefficient (Wildman–Crippen LogP) is 1.11. The van der Waals surface area contributed by atoms with E-state index in [-0.39, 0.29) is 11.8 Å². The molecule has 0 radical (unpaired) electrons. The first kappa shape index (κ1) is 15.3. The van der Waals surface area contributed by atoms with Crippen LogP contribution in [0.4, 0.5) is 0 Å². The number of rotatable bonds is 6. The van der Waals surface area contributed by atoms with Crippen LogP contribution in [0.15, 0.2) is 24.3 Å². The van der Waals surface area contributed by atoms with Gasteiger partial charge in [-0.05, 0) is 37.1 Å². The molecule has 1 atom stereocenters. The number of fused-ring (bicyclic) bond motifs is 1. The zero-order valence-corrected chi connectivity index (χ0v) is 13.0. The van der Waals surface area contributed by atoms with E-state index >= 15 is 0 Å². The molecule has 2 N–H and O–H groups in total. The van der Waals surface area contributed by atoms with Crippen LogP contribution < -0.4 is 14.8 Å². The highest BCUT2D eigenvalue weighted by Gasteiger charge is 2.26. The lowest BCUT2D eigenvalue weighted by Gasteiger charge is -2.19. The van der Waals surface area contributed by atoms with E-state index in [2.05, 4.69) is 20.7 Å². The van der Waals surface area contributed by atoms with E-state index in [4.69, 9.17) is 9.47 Å². The highest BCUT2D eigenvalue weighted by Crippen LogP contribution is 2.22. The molecule has 122 valence electrons. The number of hydrogen-bond donors (Lipinski definition) is 2. The van der Waals surface area contributed by atoms with Crippen LogP contribution in [-0.2, 0) is 17.6 Å². The van der Waals surface area contributed by atoms with Crippen molar-refractivity contribution in [3.05, 3.63) is 35.7 Å². The minimum absolute atomic E-state index is 0.0337. The van der Waals surface area contributed by atoms with E-state index in [9.17, 15) is 4.79 Å². The molecule has 0 aliphatic heterocycles. The van der Waals surface area contributed by atoms with E-state index in [0.29, 0.717) is 19.6 Å². The van der Waals surface area contributed by atoms with E-state index in [0.717, 1.165) is 35.7 Å². The summed E-state index contributed by atoms with van der Waals surface area (Å²) in [6, 6.07) is 7.36. The van der Waals surface area contributed by atoms with E-state index in [1.54, 1.807) is 7.11 Å². The number of carbonyl (C=O) groups is 1. The van der Waals surface area contributed by atoms with Gasteiger partial charge in [-0.2, -0.15) is 15.4 Å². The van der Waals surface area contributed by atoms with Gasteiger partial charge >= 0.3 is 0 Å². The first-order valence-corrected chi connectivity index (χ1v) is 7.69. The van der Waals surface area contributed by atoms with Crippen molar-refractivity contribution < 1.29 is 14.3 Å². The molecule has 0 saturated heterocycles. The third-order valence-electron chi connectivity index (χ3n) is 3.97. The number of aromatic nitrogens is 3. The molecule has 1 aromatic heterocycles. The minimum atomic E-state index is -0.0337. The van der Waals surface area contributed by atoms with Crippen molar-refractivity contribution in [1.82, 2.24) is 20.7 Å². The first-order chi connectivity index (χ1) is 11.3. The van der Waals surface area contributed by atoms with Gasteiger partial charge in [-0.3, -0.25) is 4.79 Å². The molecule has 0 saturated carbocycles. The van der Waals surface area contributed by atoms with Gasteiger partial charge in [0, 0.05) is 12.3 Å². The third-order valence-corrected chi connectivity index (χ3v) is 3.97. The van der Waals surface area contributed by atoms with Gasteiger partial charge < -0.3 is 14.8 Å². The fraction of sp³-hybridized carbons (Fsp3) is 0.438. The molecule has 1 aliphatic rings. The van der Waals surface area contributed by atoms with Gasteiger partial charge in [-0.25, -0.2) is 0 Å². The van der Waals surface area contributed by atoms with Crippen molar-refractivity contribution in [2.24, 2.45) is 5.92 Å². The number of amides is 1.